The van der Waals surface area contributed by atoms with Crippen LogP contribution in [0.25, 0.3) is 0 Å². The van der Waals surface area contributed by atoms with Crippen molar-refractivity contribution in [2.45, 2.75) is 24.4 Å². The second-order valence-electron chi connectivity index (χ2n) is 2.51. The van der Waals surface area contributed by atoms with Gasteiger partial charge in [0.05, 0.1) is 0 Å². The van der Waals surface area contributed by atoms with E-state index in [0.29, 0.717) is 0 Å². The van der Waals surface area contributed by atoms with Crippen molar-refractivity contribution in [3.63, 3.8) is 0 Å². The highest BCUT2D eigenvalue weighted by molar-refractivity contribution is 5.75. The quantitative estimate of drug-likeness (QED) is 0.306. The molecule has 0 unspecified atom stereocenters. The zero-order chi connectivity index (χ0) is 11.5. The lowest BCUT2D eigenvalue weighted by molar-refractivity contribution is -0.169. The standard InChI is InChI=1S/C6H9FO7/c7-5(12)3(10)1(8)2(9)4(11)6(13)14/h1-4,8-11H,(H,13,14)/t1-,2-,3+,4-/m0/s1. The average Bonchev–Trinajstić information content (AvgIpc) is 2.12. The predicted octanol–water partition coefficient (Wildman–Crippen LogP) is -2.99. The number of hydrogen-bond acceptors (Lipinski definition) is 6. The van der Waals surface area contributed by atoms with Crippen LogP contribution in [0, 0.1) is 0 Å². The molecule has 0 aliphatic heterocycles. The second-order valence-corrected chi connectivity index (χ2v) is 2.51. The van der Waals surface area contributed by atoms with Gasteiger partial charge in [-0.1, -0.05) is 0 Å². The molecular formula is C6H9FO7. The molecule has 0 radical (unpaired) electrons. The summed E-state index contributed by atoms with van der Waals surface area (Å²) in [5.74, 6) is -1.88. The Morgan fingerprint density at radius 2 is 1.29 bits per heavy atom. The maximum Gasteiger partial charge on any atom is 0.335 e. The summed E-state index contributed by atoms with van der Waals surface area (Å²) in [6.07, 6.45) is -9.76. The van der Waals surface area contributed by atoms with Crippen LogP contribution in [0.3, 0.4) is 0 Å². The SMILES string of the molecule is O=C(O)[C@@H](O)[C@@H](O)[C@H](O)[C@@H](O)C(=O)F. The highest BCUT2D eigenvalue weighted by Gasteiger charge is 2.37. The van der Waals surface area contributed by atoms with Crippen molar-refractivity contribution in [3.8, 4) is 0 Å². The third-order valence-electron chi connectivity index (χ3n) is 1.48. The molecule has 8 heteroatoms. The molecule has 0 aromatic rings. The molecular weight excluding hydrogens is 203 g/mol. The van der Waals surface area contributed by atoms with Crippen molar-refractivity contribution in [2.24, 2.45) is 0 Å². The molecule has 82 valence electrons. The Balaban J connectivity index is 4.45. The van der Waals surface area contributed by atoms with Crippen molar-refractivity contribution < 1.29 is 39.5 Å². The minimum Gasteiger partial charge on any atom is -0.479 e. The second kappa shape index (κ2) is 4.96. The van der Waals surface area contributed by atoms with Gasteiger partial charge in [-0.25, -0.2) is 4.79 Å². The Hall–Kier alpha value is -1.09. The fourth-order valence-corrected chi connectivity index (χ4v) is 0.654. The lowest BCUT2D eigenvalue weighted by atomic mass is 10.0. The molecule has 0 aromatic carbocycles. The summed E-state index contributed by atoms with van der Waals surface area (Å²) < 4.78 is 11.8. The number of hydrogen-bond donors (Lipinski definition) is 5. The van der Waals surface area contributed by atoms with E-state index in [-0.39, 0.29) is 0 Å². The maximum absolute atomic E-state index is 11.8. The summed E-state index contributed by atoms with van der Waals surface area (Å²) in [4.78, 5) is 19.9. The fourth-order valence-electron chi connectivity index (χ4n) is 0.654. The summed E-state index contributed by atoms with van der Waals surface area (Å²) in [6, 6.07) is -2.34. The van der Waals surface area contributed by atoms with Crippen molar-refractivity contribution in [1.29, 1.82) is 0 Å². The van der Waals surface area contributed by atoms with Crippen LogP contribution in [0.2, 0.25) is 0 Å². The third-order valence-corrected chi connectivity index (χ3v) is 1.48. The molecule has 0 aromatic heterocycles. The molecule has 0 saturated carbocycles. The summed E-state index contributed by atoms with van der Waals surface area (Å²) in [7, 11) is 0. The van der Waals surface area contributed by atoms with Crippen molar-refractivity contribution in [2.75, 3.05) is 0 Å². The number of rotatable bonds is 5. The normalized spacial score (nSPS) is 19.5. The molecule has 7 nitrogen and oxygen atoms in total. The van der Waals surface area contributed by atoms with Gasteiger partial charge in [-0.2, -0.15) is 4.39 Å². The van der Waals surface area contributed by atoms with Crippen LogP contribution < -0.4 is 0 Å². The Kier molecular flexibility index (Phi) is 4.57. The minimum atomic E-state index is -2.58. The smallest absolute Gasteiger partial charge is 0.335 e. The van der Waals surface area contributed by atoms with Crippen molar-refractivity contribution in [3.05, 3.63) is 0 Å². The summed E-state index contributed by atoms with van der Waals surface area (Å²) >= 11 is 0. The molecule has 0 amide bonds. The Bertz CT molecular complexity index is 206. The van der Waals surface area contributed by atoms with E-state index in [0.717, 1.165) is 0 Å². The number of carbonyl (C=O) groups excluding carboxylic acids is 1. The highest BCUT2D eigenvalue weighted by Crippen LogP contribution is 2.06. The van der Waals surface area contributed by atoms with E-state index in [2.05, 4.69) is 0 Å². The number of aliphatic hydroxyl groups is 4. The van der Waals surface area contributed by atoms with Gasteiger partial charge in [0.25, 0.3) is 0 Å². The monoisotopic (exact) mass is 212 g/mol. The highest BCUT2D eigenvalue weighted by atomic mass is 19.1. The van der Waals surface area contributed by atoms with E-state index in [9.17, 15) is 14.0 Å². The predicted molar refractivity (Wildman–Crippen MR) is 37.8 cm³/mol. The number of carboxylic acids is 1. The molecule has 0 fully saturated rings. The molecule has 4 atom stereocenters. The molecule has 0 aliphatic rings. The molecule has 0 rings (SSSR count). The first-order valence-corrected chi connectivity index (χ1v) is 3.43. The van der Waals surface area contributed by atoms with E-state index in [1.807, 2.05) is 0 Å². The average molecular weight is 212 g/mol. The van der Waals surface area contributed by atoms with Gasteiger partial charge in [-0.15, -0.1) is 0 Å². The topological polar surface area (TPSA) is 135 Å². The van der Waals surface area contributed by atoms with Crippen LogP contribution in [-0.4, -0.2) is 62.0 Å². The Morgan fingerprint density at radius 3 is 1.57 bits per heavy atom. The van der Waals surface area contributed by atoms with E-state index in [1.165, 1.54) is 0 Å². The molecule has 0 spiro atoms. The van der Waals surface area contributed by atoms with Crippen molar-refractivity contribution in [1.82, 2.24) is 0 Å². The molecule has 0 bridgehead atoms. The van der Waals surface area contributed by atoms with Gasteiger partial charge in [0.15, 0.2) is 12.2 Å². The van der Waals surface area contributed by atoms with Crippen LogP contribution in [0.4, 0.5) is 4.39 Å². The van der Waals surface area contributed by atoms with Crippen LogP contribution in [-0.2, 0) is 9.59 Å². The van der Waals surface area contributed by atoms with E-state index < -0.39 is 36.4 Å². The van der Waals surface area contributed by atoms with Gasteiger partial charge in [0.1, 0.15) is 12.2 Å². The number of carbonyl (C=O) groups is 2. The molecule has 5 N–H and O–H groups in total. The van der Waals surface area contributed by atoms with Crippen LogP contribution in [0.5, 0.6) is 0 Å². The van der Waals surface area contributed by atoms with E-state index in [4.69, 9.17) is 25.5 Å². The number of halogens is 1. The van der Waals surface area contributed by atoms with Gasteiger partial charge < -0.3 is 25.5 Å². The number of aliphatic carboxylic acids is 1. The van der Waals surface area contributed by atoms with Crippen LogP contribution in [0.15, 0.2) is 0 Å². The molecule has 0 aliphatic carbocycles. The summed E-state index contributed by atoms with van der Waals surface area (Å²) in [5, 5.41) is 42.9. The maximum atomic E-state index is 11.8. The molecule has 14 heavy (non-hydrogen) atoms. The first kappa shape index (κ1) is 12.9. The van der Waals surface area contributed by atoms with Gasteiger partial charge in [-0.05, 0) is 0 Å². The van der Waals surface area contributed by atoms with Crippen molar-refractivity contribution >= 4 is 12.0 Å². The first-order chi connectivity index (χ1) is 6.29. The van der Waals surface area contributed by atoms with Gasteiger partial charge in [0, 0.05) is 0 Å². The van der Waals surface area contributed by atoms with E-state index >= 15 is 0 Å². The largest absolute Gasteiger partial charge is 0.479 e. The Morgan fingerprint density at radius 1 is 0.929 bits per heavy atom. The zero-order valence-electron chi connectivity index (χ0n) is 6.74. The first-order valence-electron chi connectivity index (χ1n) is 3.43. The van der Waals surface area contributed by atoms with Gasteiger partial charge in [0.2, 0.25) is 0 Å². The van der Waals surface area contributed by atoms with Gasteiger partial charge >= 0.3 is 12.0 Å². The minimum absolute atomic E-state index is 1.88. The summed E-state index contributed by atoms with van der Waals surface area (Å²) in [6.45, 7) is 0. The number of carboxylic acid groups (broad SMARTS) is 1. The lowest BCUT2D eigenvalue weighted by Gasteiger charge is -2.21. The van der Waals surface area contributed by atoms with Crippen LogP contribution >= 0.6 is 0 Å². The number of aliphatic hydroxyl groups excluding tert-OH is 4. The van der Waals surface area contributed by atoms with E-state index in [1.54, 1.807) is 0 Å². The van der Waals surface area contributed by atoms with Crippen LogP contribution in [0.1, 0.15) is 0 Å². The zero-order valence-corrected chi connectivity index (χ0v) is 6.74. The summed E-state index contributed by atoms with van der Waals surface area (Å²) in [5.41, 5.74) is 0. The fraction of sp³-hybridized carbons (Fsp3) is 0.667. The Labute approximate surface area is 77.0 Å². The third kappa shape index (κ3) is 3.00. The molecule has 0 heterocycles. The lowest BCUT2D eigenvalue weighted by Crippen LogP contribution is -2.49. The van der Waals surface area contributed by atoms with Gasteiger partial charge in [-0.3, -0.25) is 4.79 Å². The molecule has 0 saturated heterocycles.